The average Bonchev–Trinajstić information content (AvgIpc) is 2.47. The topological polar surface area (TPSA) is 71.5 Å². The number of morpholine rings is 1. The Bertz CT molecular complexity index is 577. The molecule has 0 radical (unpaired) electrons. The second-order valence-electron chi connectivity index (χ2n) is 5.34. The molecule has 2 heterocycles. The highest BCUT2D eigenvalue weighted by Gasteiger charge is 2.35. The fourth-order valence-electron chi connectivity index (χ4n) is 2.31. The van der Waals surface area contributed by atoms with E-state index in [4.69, 9.17) is 4.74 Å². The lowest BCUT2D eigenvalue weighted by Gasteiger charge is -2.35. The van der Waals surface area contributed by atoms with E-state index >= 15 is 0 Å². The van der Waals surface area contributed by atoms with E-state index in [-0.39, 0.29) is 17.0 Å². The summed E-state index contributed by atoms with van der Waals surface area (Å²) in [5.74, 6) is 0.422. The minimum atomic E-state index is -3.58. The van der Waals surface area contributed by atoms with Crippen molar-refractivity contribution in [3.05, 3.63) is 18.3 Å². The molecule has 0 aliphatic carbocycles. The molecule has 1 N–H and O–H groups in total. The number of sulfonamides is 1. The van der Waals surface area contributed by atoms with Gasteiger partial charge in [0.2, 0.25) is 10.0 Å². The van der Waals surface area contributed by atoms with Gasteiger partial charge in [-0.2, -0.15) is 4.31 Å². The molecule has 1 aliphatic rings. The van der Waals surface area contributed by atoms with Gasteiger partial charge in [-0.05, 0) is 32.4 Å². The maximum atomic E-state index is 12.9. The maximum Gasteiger partial charge on any atom is 0.247 e. The molecule has 0 aromatic carbocycles. The van der Waals surface area contributed by atoms with E-state index in [1.54, 1.807) is 18.3 Å². The van der Waals surface area contributed by atoms with Gasteiger partial charge in [0.25, 0.3) is 0 Å². The third-order valence-corrected chi connectivity index (χ3v) is 5.46. The summed E-state index contributed by atoms with van der Waals surface area (Å²) >= 11 is 0. The molecular weight excluding hydrogens is 290 g/mol. The van der Waals surface area contributed by atoms with Crippen LogP contribution in [-0.4, -0.2) is 49.5 Å². The fourth-order valence-corrected chi connectivity index (χ4v) is 4.12. The van der Waals surface area contributed by atoms with Crippen LogP contribution in [0.3, 0.4) is 0 Å². The van der Waals surface area contributed by atoms with Crippen LogP contribution in [0.15, 0.2) is 23.2 Å². The lowest BCUT2D eigenvalue weighted by Crippen LogP contribution is -2.50. The first-order chi connectivity index (χ1) is 9.96. The smallest absolute Gasteiger partial charge is 0.247 e. The van der Waals surface area contributed by atoms with Crippen LogP contribution in [0.4, 0.5) is 5.82 Å². The van der Waals surface area contributed by atoms with Gasteiger partial charge < -0.3 is 10.1 Å². The highest BCUT2D eigenvalue weighted by atomic mass is 32.2. The summed E-state index contributed by atoms with van der Waals surface area (Å²) < 4.78 is 32.9. The monoisotopic (exact) mass is 313 g/mol. The van der Waals surface area contributed by atoms with E-state index in [0.717, 1.165) is 6.42 Å². The molecule has 1 aromatic rings. The zero-order chi connectivity index (χ0) is 15.5. The lowest BCUT2D eigenvalue weighted by atomic mass is 10.2. The summed E-state index contributed by atoms with van der Waals surface area (Å²) in [6, 6.07) is 3.08. The average molecular weight is 313 g/mol. The van der Waals surface area contributed by atoms with Gasteiger partial charge in [0.1, 0.15) is 10.7 Å². The number of hydrogen-bond acceptors (Lipinski definition) is 5. The number of aromatic nitrogens is 1. The van der Waals surface area contributed by atoms with Crippen molar-refractivity contribution in [2.24, 2.45) is 0 Å². The highest BCUT2D eigenvalue weighted by Crippen LogP contribution is 2.26. The largest absolute Gasteiger partial charge is 0.375 e. The summed E-state index contributed by atoms with van der Waals surface area (Å²) in [6.07, 6.45) is 2.41. The molecule has 1 aromatic heterocycles. The molecule has 118 valence electrons. The summed E-state index contributed by atoms with van der Waals surface area (Å²) in [5, 5.41) is 3.09. The standard InChI is InChI=1S/C14H23N3O3S/c1-4-7-15-14-13(6-5-8-16-14)21(18,19)17-9-12(3)20-10-11(17)2/h5-6,8,11-12H,4,7,9-10H2,1-3H3,(H,15,16). The van der Waals surface area contributed by atoms with Crippen LogP contribution in [0, 0.1) is 0 Å². The van der Waals surface area contributed by atoms with Crippen molar-refractivity contribution in [3.63, 3.8) is 0 Å². The van der Waals surface area contributed by atoms with Gasteiger partial charge in [-0.3, -0.25) is 0 Å². The molecule has 1 fully saturated rings. The zero-order valence-corrected chi connectivity index (χ0v) is 13.6. The van der Waals surface area contributed by atoms with Gasteiger partial charge in [-0.25, -0.2) is 13.4 Å². The third kappa shape index (κ3) is 3.53. The van der Waals surface area contributed by atoms with Gasteiger partial charge in [-0.15, -0.1) is 0 Å². The van der Waals surface area contributed by atoms with Crippen molar-refractivity contribution in [1.82, 2.24) is 9.29 Å². The van der Waals surface area contributed by atoms with E-state index in [1.165, 1.54) is 4.31 Å². The van der Waals surface area contributed by atoms with Crippen molar-refractivity contribution in [3.8, 4) is 0 Å². The molecule has 6 nitrogen and oxygen atoms in total. The Balaban J connectivity index is 2.34. The zero-order valence-electron chi connectivity index (χ0n) is 12.7. The fraction of sp³-hybridized carbons (Fsp3) is 0.643. The first kappa shape index (κ1) is 16.2. The molecular formula is C14H23N3O3S. The number of pyridine rings is 1. The summed E-state index contributed by atoms with van der Waals surface area (Å²) in [5.41, 5.74) is 0. The summed E-state index contributed by atoms with van der Waals surface area (Å²) in [7, 11) is -3.58. The normalized spacial score (nSPS) is 24.0. The minimum absolute atomic E-state index is 0.0975. The molecule has 2 unspecified atom stereocenters. The van der Waals surface area contributed by atoms with E-state index in [0.29, 0.717) is 25.5 Å². The Morgan fingerprint density at radius 2 is 2.24 bits per heavy atom. The van der Waals surface area contributed by atoms with E-state index in [2.05, 4.69) is 10.3 Å². The number of hydrogen-bond donors (Lipinski definition) is 1. The van der Waals surface area contributed by atoms with Crippen LogP contribution >= 0.6 is 0 Å². The Morgan fingerprint density at radius 1 is 1.48 bits per heavy atom. The lowest BCUT2D eigenvalue weighted by molar-refractivity contribution is -0.0170. The Hall–Kier alpha value is -1.18. The van der Waals surface area contributed by atoms with Crippen molar-refractivity contribution >= 4 is 15.8 Å². The first-order valence-electron chi connectivity index (χ1n) is 7.29. The number of rotatable bonds is 5. The molecule has 7 heteroatoms. The second kappa shape index (κ2) is 6.72. The van der Waals surface area contributed by atoms with Crippen molar-refractivity contribution in [1.29, 1.82) is 0 Å². The van der Waals surface area contributed by atoms with Crippen LogP contribution in [0.5, 0.6) is 0 Å². The molecule has 2 atom stereocenters. The summed E-state index contributed by atoms with van der Waals surface area (Å²) in [6.45, 7) is 7.24. The quantitative estimate of drug-likeness (QED) is 0.896. The maximum absolute atomic E-state index is 12.9. The van der Waals surface area contributed by atoms with E-state index in [9.17, 15) is 8.42 Å². The SMILES string of the molecule is CCCNc1ncccc1S(=O)(=O)N1CC(C)OCC1C. The van der Waals surface area contributed by atoms with Crippen LogP contribution < -0.4 is 5.32 Å². The van der Waals surface area contributed by atoms with Crippen LogP contribution in [0.1, 0.15) is 27.2 Å². The Kier molecular flexibility index (Phi) is 5.18. The molecule has 1 saturated heterocycles. The molecule has 1 aliphatic heterocycles. The molecule has 0 bridgehead atoms. The molecule has 0 spiro atoms. The predicted molar refractivity (Wildman–Crippen MR) is 81.8 cm³/mol. The van der Waals surface area contributed by atoms with Gasteiger partial charge >= 0.3 is 0 Å². The minimum Gasteiger partial charge on any atom is -0.375 e. The van der Waals surface area contributed by atoms with Crippen LogP contribution in [0.25, 0.3) is 0 Å². The second-order valence-corrected chi connectivity index (χ2v) is 7.20. The molecule has 21 heavy (non-hydrogen) atoms. The van der Waals surface area contributed by atoms with Gasteiger partial charge in [0.05, 0.1) is 12.7 Å². The molecule has 0 saturated carbocycles. The van der Waals surface area contributed by atoms with Gasteiger partial charge in [0, 0.05) is 25.3 Å². The van der Waals surface area contributed by atoms with Gasteiger partial charge in [0.15, 0.2) is 0 Å². The van der Waals surface area contributed by atoms with E-state index in [1.807, 2.05) is 20.8 Å². The van der Waals surface area contributed by atoms with Crippen molar-refractivity contribution < 1.29 is 13.2 Å². The molecule has 0 amide bonds. The Morgan fingerprint density at radius 3 is 2.95 bits per heavy atom. The van der Waals surface area contributed by atoms with Crippen molar-refractivity contribution in [2.75, 3.05) is 25.0 Å². The number of nitrogens with one attached hydrogen (secondary N) is 1. The number of nitrogens with zero attached hydrogens (tertiary/aromatic N) is 2. The van der Waals surface area contributed by atoms with Crippen molar-refractivity contribution in [2.45, 2.75) is 44.2 Å². The van der Waals surface area contributed by atoms with Crippen LogP contribution in [-0.2, 0) is 14.8 Å². The predicted octanol–water partition coefficient (Wildman–Crippen LogP) is 1.70. The first-order valence-corrected chi connectivity index (χ1v) is 8.73. The number of anilines is 1. The van der Waals surface area contributed by atoms with Crippen LogP contribution in [0.2, 0.25) is 0 Å². The summed E-state index contributed by atoms with van der Waals surface area (Å²) in [4.78, 5) is 4.41. The molecule has 2 rings (SSSR count). The van der Waals surface area contributed by atoms with Gasteiger partial charge in [-0.1, -0.05) is 6.92 Å². The third-order valence-electron chi connectivity index (χ3n) is 3.45. The number of ether oxygens (including phenoxy) is 1. The van der Waals surface area contributed by atoms with E-state index < -0.39 is 10.0 Å². The Labute approximate surface area is 126 Å². The highest BCUT2D eigenvalue weighted by molar-refractivity contribution is 7.89.